The second-order valence-electron chi connectivity index (χ2n) is 6.59. The number of rotatable bonds is 7. The van der Waals surface area contributed by atoms with E-state index in [1.165, 1.54) is 17.6 Å². The molecule has 1 amide bonds. The maximum absolute atomic E-state index is 12.1. The highest BCUT2D eigenvalue weighted by molar-refractivity contribution is 7.92. The number of hydrogen-bond acceptors (Lipinski definition) is 4. The van der Waals surface area contributed by atoms with Crippen LogP contribution in [0.1, 0.15) is 55.8 Å². The molecule has 0 aromatic heterocycles. The van der Waals surface area contributed by atoms with Crippen molar-refractivity contribution in [1.29, 1.82) is 0 Å². The largest absolute Gasteiger partial charge is 0.353 e. The number of carbonyl (C=O) groups excluding carboxylic acids is 2. The zero-order valence-electron chi connectivity index (χ0n) is 14.8. The van der Waals surface area contributed by atoms with Crippen LogP contribution >= 0.6 is 0 Å². The summed E-state index contributed by atoms with van der Waals surface area (Å²) in [7, 11) is -3.51. The standard InChI is InChI=1S/C18H26N2O4S/c1-14(21)15-8-10-17(11-9-15)20(25(2,23)24)13-12-18(22)19-16-6-4-3-5-7-16/h8-11,16H,3-7,12-13H2,1-2H3,(H,19,22). The van der Waals surface area contributed by atoms with Gasteiger partial charge in [0, 0.05) is 24.6 Å². The van der Waals surface area contributed by atoms with Gasteiger partial charge in [-0.25, -0.2) is 8.42 Å². The minimum Gasteiger partial charge on any atom is -0.353 e. The van der Waals surface area contributed by atoms with Gasteiger partial charge in [-0.15, -0.1) is 0 Å². The molecule has 0 bridgehead atoms. The molecule has 0 atom stereocenters. The number of benzene rings is 1. The van der Waals surface area contributed by atoms with Crippen LogP contribution in [0, 0.1) is 0 Å². The van der Waals surface area contributed by atoms with E-state index in [0.29, 0.717) is 11.3 Å². The second-order valence-corrected chi connectivity index (χ2v) is 8.50. The van der Waals surface area contributed by atoms with Crippen LogP contribution in [0.15, 0.2) is 24.3 Å². The first kappa shape index (κ1) is 19.4. The van der Waals surface area contributed by atoms with Gasteiger partial charge in [-0.1, -0.05) is 19.3 Å². The Morgan fingerprint density at radius 3 is 2.24 bits per heavy atom. The molecule has 0 saturated heterocycles. The second kappa shape index (κ2) is 8.47. The van der Waals surface area contributed by atoms with Crippen LogP contribution in [-0.4, -0.2) is 39.0 Å². The summed E-state index contributed by atoms with van der Waals surface area (Å²) in [5.74, 6) is -0.203. The highest BCUT2D eigenvalue weighted by Crippen LogP contribution is 2.20. The van der Waals surface area contributed by atoms with Crippen LogP contribution in [0.5, 0.6) is 0 Å². The van der Waals surface area contributed by atoms with Gasteiger partial charge >= 0.3 is 0 Å². The predicted molar refractivity (Wildman–Crippen MR) is 98.3 cm³/mol. The third-order valence-corrected chi connectivity index (χ3v) is 5.67. The molecule has 1 aliphatic rings. The van der Waals surface area contributed by atoms with E-state index in [0.717, 1.165) is 31.9 Å². The van der Waals surface area contributed by atoms with E-state index in [1.807, 2.05) is 0 Å². The zero-order valence-corrected chi connectivity index (χ0v) is 15.6. The topological polar surface area (TPSA) is 83.6 Å². The van der Waals surface area contributed by atoms with Gasteiger partial charge in [-0.3, -0.25) is 13.9 Å². The van der Waals surface area contributed by atoms with E-state index < -0.39 is 10.0 Å². The van der Waals surface area contributed by atoms with E-state index in [4.69, 9.17) is 0 Å². The summed E-state index contributed by atoms with van der Waals surface area (Å²) in [4.78, 5) is 23.5. The van der Waals surface area contributed by atoms with E-state index in [1.54, 1.807) is 24.3 Å². The molecule has 1 saturated carbocycles. The normalized spacial score (nSPS) is 15.6. The number of amides is 1. The van der Waals surface area contributed by atoms with Gasteiger partial charge < -0.3 is 5.32 Å². The molecule has 0 heterocycles. The van der Waals surface area contributed by atoms with Gasteiger partial charge in [0.25, 0.3) is 0 Å². The van der Waals surface area contributed by atoms with Crippen molar-refractivity contribution in [2.45, 2.75) is 51.5 Å². The summed E-state index contributed by atoms with van der Waals surface area (Å²) in [5.41, 5.74) is 0.977. The quantitative estimate of drug-likeness (QED) is 0.752. The first-order chi connectivity index (χ1) is 11.8. The van der Waals surface area contributed by atoms with Crippen molar-refractivity contribution < 1.29 is 18.0 Å². The van der Waals surface area contributed by atoms with E-state index in [9.17, 15) is 18.0 Å². The van der Waals surface area contributed by atoms with Crippen molar-refractivity contribution in [3.8, 4) is 0 Å². The zero-order chi connectivity index (χ0) is 18.4. The number of nitrogens with one attached hydrogen (secondary N) is 1. The fraction of sp³-hybridized carbons (Fsp3) is 0.556. The Morgan fingerprint density at radius 1 is 1.12 bits per heavy atom. The molecular weight excluding hydrogens is 340 g/mol. The molecule has 1 aromatic carbocycles. The lowest BCUT2D eigenvalue weighted by Crippen LogP contribution is -2.39. The minimum absolute atomic E-state index is 0.0793. The number of anilines is 1. The summed E-state index contributed by atoms with van der Waals surface area (Å²) in [6.07, 6.45) is 6.68. The van der Waals surface area contributed by atoms with Gasteiger partial charge in [-0.2, -0.15) is 0 Å². The third-order valence-electron chi connectivity index (χ3n) is 4.47. The van der Waals surface area contributed by atoms with Gasteiger partial charge in [0.2, 0.25) is 15.9 Å². The summed E-state index contributed by atoms with van der Waals surface area (Å²) >= 11 is 0. The Labute approximate surface area is 149 Å². The highest BCUT2D eigenvalue weighted by Gasteiger charge is 2.20. The molecule has 0 unspecified atom stereocenters. The van der Waals surface area contributed by atoms with Crippen LogP contribution in [-0.2, 0) is 14.8 Å². The lowest BCUT2D eigenvalue weighted by Gasteiger charge is -2.25. The van der Waals surface area contributed by atoms with E-state index in [2.05, 4.69) is 5.32 Å². The molecule has 1 N–H and O–H groups in total. The smallest absolute Gasteiger partial charge is 0.232 e. The van der Waals surface area contributed by atoms with E-state index >= 15 is 0 Å². The van der Waals surface area contributed by atoms with E-state index in [-0.39, 0.29) is 30.7 Å². The molecule has 1 fully saturated rings. The molecule has 0 spiro atoms. The van der Waals surface area contributed by atoms with Crippen molar-refractivity contribution in [2.75, 3.05) is 17.1 Å². The monoisotopic (exact) mass is 366 g/mol. The summed E-state index contributed by atoms with van der Waals surface area (Å²) in [6.45, 7) is 1.54. The Kier molecular flexibility index (Phi) is 6.58. The van der Waals surface area contributed by atoms with Crippen LogP contribution in [0.25, 0.3) is 0 Å². The number of nitrogens with zero attached hydrogens (tertiary/aromatic N) is 1. The van der Waals surface area contributed by atoms with Crippen LogP contribution in [0.4, 0.5) is 5.69 Å². The SMILES string of the molecule is CC(=O)c1ccc(N(CCC(=O)NC2CCCCC2)S(C)(=O)=O)cc1. The molecule has 1 aliphatic carbocycles. The first-order valence-corrected chi connectivity index (χ1v) is 10.5. The lowest BCUT2D eigenvalue weighted by atomic mass is 9.95. The maximum atomic E-state index is 12.1. The van der Waals surface area contributed by atoms with Crippen molar-refractivity contribution in [3.63, 3.8) is 0 Å². The van der Waals surface area contributed by atoms with Gasteiger partial charge in [0.05, 0.1) is 11.9 Å². The van der Waals surface area contributed by atoms with Gasteiger partial charge in [0.1, 0.15) is 0 Å². The fourth-order valence-electron chi connectivity index (χ4n) is 3.10. The Balaban J connectivity index is 2.00. The molecule has 6 nitrogen and oxygen atoms in total. The number of ketones is 1. The average molecular weight is 366 g/mol. The Bertz CT molecular complexity index is 707. The van der Waals surface area contributed by atoms with Crippen molar-refractivity contribution >= 4 is 27.4 Å². The van der Waals surface area contributed by atoms with Crippen LogP contribution in [0.3, 0.4) is 0 Å². The average Bonchev–Trinajstić information content (AvgIpc) is 2.55. The first-order valence-electron chi connectivity index (χ1n) is 8.65. The van der Waals surface area contributed by atoms with Crippen molar-refractivity contribution in [2.24, 2.45) is 0 Å². The molecule has 25 heavy (non-hydrogen) atoms. The van der Waals surface area contributed by atoms with Crippen molar-refractivity contribution in [1.82, 2.24) is 5.32 Å². The molecular formula is C18H26N2O4S. The maximum Gasteiger partial charge on any atom is 0.232 e. The molecule has 1 aromatic rings. The number of sulfonamides is 1. The molecule has 2 rings (SSSR count). The highest BCUT2D eigenvalue weighted by atomic mass is 32.2. The Hall–Kier alpha value is -1.89. The minimum atomic E-state index is -3.51. The summed E-state index contributed by atoms with van der Waals surface area (Å²) in [5, 5.41) is 3.00. The third kappa shape index (κ3) is 5.85. The lowest BCUT2D eigenvalue weighted by molar-refractivity contribution is -0.121. The number of Topliss-reactive ketones (excluding diaryl/α,β-unsaturated/α-hetero) is 1. The molecule has 7 heteroatoms. The van der Waals surface area contributed by atoms with Crippen LogP contribution < -0.4 is 9.62 Å². The summed E-state index contributed by atoms with van der Waals surface area (Å²) < 4.78 is 25.4. The predicted octanol–water partition coefficient (Wildman–Crippen LogP) is 2.49. The van der Waals surface area contributed by atoms with Crippen LogP contribution in [0.2, 0.25) is 0 Å². The fourth-order valence-corrected chi connectivity index (χ4v) is 4.03. The molecule has 138 valence electrons. The number of carbonyl (C=O) groups is 2. The van der Waals surface area contributed by atoms with Gasteiger partial charge in [0.15, 0.2) is 5.78 Å². The molecule has 0 aliphatic heterocycles. The summed E-state index contributed by atoms with van der Waals surface area (Å²) in [6, 6.07) is 6.59. The Morgan fingerprint density at radius 2 is 1.72 bits per heavy atom. The molecule has 0 radical (unpaired) electrons. The number of hydrogen-bond donors (Lipinski definition) is 1. The van der Waals surface area contributed by atoms with Crippen molar-refractivity contribution in [3.05, 3.63) is 29.8 Å². The van der Waals surface area contributed by atoms with Gasteiger partial charge in [-0.05, 0) is 44.0 Å².